The quantitative estimate of drug-likeness (QED) is 0.828. The lowest BCUT2D eigenvalue weighted by Gasteiger charge is -2.31. The molecule has 0 amide bonds. The summed E-state index contributed by atoms with van der Waals surface area (Å²) in [6, 6.07) is 8.43. The SMILES string of the molecule is CCC1CCC(C)N1c1ccc(CNCC(C)C)c(C)c1. The number of hydrogen-bond donors (Lipinski definition) is 1. The number of anilines is 1. The zero-order valence-corrected chi connectivity index (χ0v) is 14.4. The van der Waals surface area contributed by atoms with Crippen LogP contribution >= 0.6 is 0 Å². The third kappa shape index (κ3) is 4.00. The second-order valence-corrected chi connectivity index (χ2v) is 7.03. The van der Waals surface area contributed by atoms with Gasteiger partial charge in [0.1, 0.15) is 0 Å². The first-order valence-electron chi connectivity index (χ1n) is 8.61. The minimum Gasteiger partial charge on any atom is -0.366 e. The normalized spacial score (nSPS) is 22.3. The molecule has 0 aliphatic carbocycles. The maximum absolute atomic E-state index is 3.55. The van der Waals surface area contributed by atoms with Crippen molar-refractivity contribution in [1.82, 2.24) is 5.32 Å². The highest BCUT2D eigenvalue weighted by atomic mass is 15.2. The van der Waals surface area contributed by atoms with Gasteiger partial charge in [-0.25, -0.2) is 0 Å². The van der Waals surface area contributed by atoms with E-state index in [9.17, 15) is 0 Å². The predicted octanol–water partition coefficient (Wildman–Crippen LogP) is 4.51. The molecule has 1 N–H and O–H groups in total. The van der Waals surface area contributed by atoms with Crippen molar-refractivity contribution in [1.29, 1.82) is 0 Å². The lowest BCUT2D eigenvalue weighted by Crippen LogP contribution is -2.34. The van der Waals surface area contributed by atoms with Crippen LogP contribution in [0.2, 0.25) is 0 Å². The fourth-order valence-corrected chi connectivity index (χ4v) is 3.47. The van der Waals surface area contributed by atoms with Crippen molar-refractivity contribution >= 4 is 5.69 Å². The Balaban J connectivity index is 2.07. The van der Waals surface area contributed by atoms with Gasteiger partial charge in [-0.15, -0.1) is 0 Å². The van der Waals surface area contributed by atoms with E-state index in [1.165, 1.54) is 36.1 Å². The van der Waals surface area contributed by atoms with Crippen LogP contribution in [0.3, 0.4) is 0 Å². The van der Waals surface area contributed by atoms with E-state index in [0.717, 1.165) is 19.1 Å². The molecule has 118 valence electrons. The van der Waals surface area contributed by atoms with Crippen molar-refractivity contribution in [3.63, 3.8) is 0 Å². The average molecular weight is 288 g/mol. The molecular formula is C19H32N2. The Bertz CT molecular complexity index is 453. The molecule has 1 aromatic carbocycles. The Hall–Kier alpha value is -1.02. The number of hydrogen-bond acceptors (Lipinski definition) is 2. The van der Waals surface area contributed by atoms with Gasteiger partial charge >= 0.3 is 0 Å². The van der Waals surface area contributed by atoms with Crippen LogP contribution in [-0.4, -0.2) is 18.6 Å². The monoisotopic (exact) mass is 288 g/mol. The van der Waals surface area contributed by atoms with Gasteiger partial charge < -0.3 is 10.2 Å². The number of rotatable bonds is 6. The number of benzene rings is 1. The van der Waals surface area contributed by atoms with Gasteiger partial charge in [0.2, 0.25) is 0 Å². The molecule has 1 heterocycles. The molecule has 1 aliphatic heterocycles. The van der Waals surface area contributed by atoms with Crippen molar-refractivity contribution in [2.24, 2.45) is 5.92 Å². The summed E-state index contributed by atoms with van der Waals surface area (Å²) in [4.78, 5) is 2.64. The van der Waals surface area contributed by atoms with Gasteiger partial charge in [-0.3, -0.25) is 0 Å². The summed E-state index contributed by atoms with van der Waals surface area (Å²) >= 11 is 0. The van der Waals surface area contributed by atoms with Crippen molar-refractivity contribution in [2.75, 3.05) is 11.4 Å². The Morgan fingerprint density at radius 2 is 2.05 bits per heavy atom. The van der Waals surface area contributed by atoms with Crippen LogP contribution in [0.5, 0.6) is 0 Å². The van der Waals surface area contributed by atoms with Crippen LogP contribution in [0.4, 0.5) is 5.69 Å². The largest absolute Gasteiger partial charge is 0.366 e. The zero-order valence-electron chi connectivity index (χ0n) is 14.4. The number of nitrogens with zero attached hydrogens (tertiary/aromatic N) is 1. The Morgan fingerprint density at radius 1 is 1.29 bits per heavy atom. The lowest BCUT2D eigenvalue weighted by molar-refractivity contribution is 0.551. The molecule has 0 aromatic heterocycles. The molecule has 2 nitrogen and oxygen atoms in total. The molecule has 2 atom stereocenters. The van der Waals surface area contributed by atoms with Gasteiger partial charge in [0, 0.05) is 24.3 Å². The molecule has 0 spiro atoms. The minimum absolute atomic E-state index is 0.680. The van der Waals surface area contributed by atoms with Gasteiger partial charge in [0.25, 0.3) is 0 Å². The van der Waals surface area contributed by atoms with E-state index >= 15 is 0 Å². The predicted molar refractivity (Wildman–Crippen MR) is 93.0 cm³/mol. The smallest absolute Gasteiger partial charge is 0.0373 e. The molecule has 1 saturated heterocycles. The molecule has 0 radical (unpaired) electrons. The third-order valence-electron chi connectivity index (χ3n) is 4.75. The van der Waals surface area contributed by atoms with Crippen LogP contribution in [0.1, 0.15) is 58.1 Å². The van der Waals surface area contributed by atoms with Gasteiger partial charge in [-0.1, -0.05) is 26.8 Å². The summed E-state index contributed by atoms with van der Waals surface area (Å²) in [5.41, 5.74) is 4.26. The van der Waals surface area contributed by atoms with Crippen LogP contribution in [0.25, 0.3) is 0 Å². The topological polar surface area (TPSA) is 15.3 Å². The van der Waals surface area contributed by atoms with Crippen molar-refractivity contribution < 1.29 is 0 Å². The van der Waals surface area contributed by atoms with Crippen LogP contribution in [0, 0.1) is 12.8 Å². The summed E-state index contributed by atoms with van der Waals surface area (Å²) in [5.74, 6) is 0.709. The second-order valence-electron chi connectivity index (χ2n) is 7.03. The third-order valence-corrected chi connectivity index (χ3v) is 4.75. The van der Waals surface area contributed by atoms with Crippen molar-refractivity contribution in [2.45, 2.75) is 72.5 Å². The molecule has 1 aromatic rings. The number of aryl methyl sites for hydroxylation is 1. The molecule has 2 unspecified atom stereocenters. The second kappa shape index (κ2) is 7.31. The van der Waals surface area contributed by atoms with E-state index in [1.807, 2.05) is 0 Å². The van der Waals surface area contributed by atoms with Gasteiger partial charge in [-0.2, -0.15) is 0 Å². The van der Waals surface area contributed by atoms with Gasteiger partial charge in [-0.05, 0) is 68.8 Å². The zero-order chi connectivity index (χ0) is 15.4. The highest BCUT2D eigenvalue weighted by molar-refractivity contribution is 5.53. The highest BCUT2D eigenvalue weighted by Crippen LogP contribution is 2.32. The fourth-order valence-electron chi connectivity index (χ4n) is 3.47. The van der Waals surface area contributed by atoms with Crippen molar-refractivity contribution in [3.8, 4) is 0 Å². The summed E-state index contributed by atoms with van der Waals surface area (Å²) in [6.45, 7) is 13.5. The van der Waals surface area contributed by atoms with E-state index in [0.29, 0.717) is 12.0 Å². The summed E-state index contributed by atoms with van der Waals surface area (Å²) < 4.78 is 0. The van der Waals surface area contributed by atoms with Gasteiger partial charge in [0.05, 0.1) is 0 Å². The van der Waals surface area contributed by atoms with E-state index in [4.69, 9.17) is 0 Å². The van der Waals surface area contributed by atoms with Gasteiger partial charge in [0.15, 0.2) is 0 Å². The summed E-state index contributed by atoms with van der Waals surface area (Å²) in [7, 11) is 0. The van der Waals surface area contributed by atoms with E-state index in [1.54, 1.807) is 0 Å². The lowest BCUT2D eigenvalue weighted by atomic mass is 10.1. The Kier molecular flexibility index (Phi) is 5.69. The maximum atomic E-state index is 3.55. The maximum Gasteiger partial charge on any atom is 0.0373 e. The molecule has 2 rings (SSSR count). The van der Waals surface area contributed by atoms with Crippen LogP contribution in [0.15, 0.2) is 18.2 Å². The van der Waals surface area contributed by atoms with Crippen LogP contribution < -0.4 is 10.2 Å². The van der Waals surface area contributed by atoms with E-state index in [2.05, 4.69) is 63.0 Å². The first-order valence-corrected chi connectivity index (χ1v) is 8.61. The van der Waals surface area contributed by atoms with E-state index in [-0.39, 0.29) is 0 Å². The average Bonchev–Trinajstić information content (AvgIpc) is 2.81. The fraction of sp³-hybridized carbons (Fsp3) is 0.684. The minimum atomic E-state index is 0.680. The molecule has 2 heteroatoms. The molecule has 21 heavy (non-hydrogen) atoms. The first kappa shape index (κ1) is 16.4. The van der Waals surface area contributed by atoms with Crippen molar-refractivity contribution in [3.05, 3.63) is 29.3 Å². The molecule has 1 fully saturated rings. The molecular weight excluding hydrogens is 256 g/mol. The Morgan fingerprint density at radius 3 is 2.67 bits per heavy atom. The van der Waals surface area contributed by atoms with Crippen LogP contribution in [-0.2, 0) is 6.54 Å². The molecule has 0 bridgehead atoms. The standard InChI is InChI=1S/C19H32N2/c1-6-18-9-7-16(5)21(18)19-10-8-17(15(4)11-19)13-20-12-14(2)3/h8,10-11,14,16,18,20H,6-7,9,12-13H2,1-5H3. The summed E-state index contributed by atoms with van der Waals surface area (Å²) in [5, 5.41) is 3.55. The first-order chi connectivity index (χ1) is 10.0. The highest BCUT2D eigenvalue weighted by Gasteiger charge is 2.29. The Labute approximate surface area is 130 Å². The van der Waals surface area contributed by atoms with E-state index < -0.39 is 0 Å². The number of nitrogens with one attached hydrogen (secondary N) is 1. The molecule has 1 aliphatic rings. The molecule has 0 saturated carbocycles. The summed E-state index contributed by atoms with van der Waals surface area (Å²) in [6.07, 6.45) is 3.92.